The zero-order chi connectivity index (χ0) is 25.9. The lowest BCUT2D eigenvalue weighted by Crippen LogP contribution is -2.32. The third-order valence-electron chi connectivity index (χ3n) is 7.62. The van der Waals surface area contributed by atoms with Gasteiger partial charge in [-0.05, 0) is 84.5 Å². The quantitative estimate of drug-likeness (QED) is 0.331. The molecule has 2 heterocycles. The van der Waals surface area contributed by atoms with Crippen LogP contribution in [-0.4, -0.2) is 37.2 Å². The minimum atomic E-state index is -0.0533. The number of methoxy groups -OCH3 is 1. The van der Waals surface area contributed by atoms with E-state index in [0.29, 0.717) is 19.1 Å². The Morgan fingerprint density at radius 3 is 2.57 bits per heavy atom. The monoisotopic (exact) mass is 500 g/mol. The molecule has 4 aromatic rings. The molecule has 2 aromatic heterocycles. The molecule has 194 valence electrons. The van der Waals surface area contributed by atoms with Gasteiger partial charge >= 0.3 is 0 Å². The van der Waals surface area contributed by atoms with E-state index in [1.165, 1.54) is 12.8 Å². The van der Waals surface area contributed by atoms with Gasteiger partial charge in [0.25, 0.3) is 5.56 Å². The van der Waals surface area contributed by atoms with Crippen molar-refractivity contribution < 1.29 is 4.74 Å². The van der Waals surface area contributed by atoms with Crippen LogP contribution in [0.3, 0.4) is 0 Å². The zero-order valence-corrected chi connectivity index (χ0v) is 22.2. The van der Waals surface area contributed by atoms with E-state index in [9.17, 15) is 4.79 Å². The minimum absolute atomic E-state index is 0.0353. The number of nitrogens with zero attached hydrogens (tertiary/aromatic N) is 5. The fraction of sp³-hybridized carbons (Fsp3) is 0.448. The minimum Gasteiger partial charge on any atom is -0.497 e. The van der Waals surface area contributed by atoms with Gasteiger partial charge in [-0.25, -0.2) is 4.68 Å². The molecule has 0 bridgehead atoms. The van der Waals surface area contributed by atoms with Gasteiger partial charge < -0.3 is 9.72 Å². The molecule has 0 unspecified atom stereocenters. The summed E-state index contributed by atoms with van der Waals surface area (Å²) in [6, 6.07) is 14.7. The number of aromatic nitrogens is 5. The molecular weight excluding hydrogens is 464 g/mol. The second-order valence-corrected chi connectivity index (χ2v) is 10.3. The molecule has 0 spiro atoms. The molecule has 0 amide bonds. The summed E-state index contributed by atoms with van der Waals surface area (Å²) in [6.07, 6.45) is 5.46. The lowest BCUT2D eigenvalue weighted by atomic mass is 10.0. The fourth-order valence-corrected chi connectivity index (χ4v) is 5.73. The number of benzene rings is 2. The van der Waals surface area contributed by atoms with E-state index in [4.69, 9.17) is 4.74 Å². The number of hydrogen-bond acceptors (Lipinski definition) is 6. The van der Waals surface area contributed by atoms with Crippen LogP contribution in [0.2, 0.25) is 0 Å². The second kappa shape index (κ2) is 10.8. The maximum atomic E-state index is 13.3. The second-order valence-electron chi connectivity index (χ2n) is 10.3. The van der Waals surface area contributed by atoms with E-state index in [1.54, 1.807) is 7.11 Å². The number of ether oxygens (including phenoxy) is 1. The Morgan fingerprint density at radius 2 is 1.86 bits per heavy atom. The fourth-order valence-electron chi connectivity index (χ4n) is 5.73. The van der Waals surface area contributed by atoms with E-state index >= 15 is 0 Å². The summed E-state index contributed by atoms with van der Waals surface area (Å²) in [7, 11) is 1.67. The highest BCUT2D eigenvalue weighted by molar-refractivity contribution is 5.83. The first-order valence-corrected chi connectivity index (χ1v) is 13.2. The van der Waals surface area contributed by atoms with Gasteiger partial charge in [0, 0.05) is 29.6 Å². The van der Waals surface area contributed by atoms with Crippen LogP contribution in [0.4, 0.5) is 0 Å². The van der Waals surface area contributed by atoms with Crippen molar-refractivity contribution in [3.63, 3.8) is 0 Å². The number of hydrogen-bond donors (Lipinski definition) is 1. The molecule has 0 saturated heterocycles. The van der Waals surface area contributed by atoms with Gasteiger partial charge in [0.1, 0.15) is 5.75 Å². The molecule has 2 aromatic carbocycles. The van der Waals surface area contributed by atoms with Crippen molar-refractivity contribution in [2.75, 3.05) is 7.11 Å². The third kappa shape index (κ3) is 5.30. The van der Waals surface area contributed by atoms with Crippen molar-refractivity contribution in [2.24, 2.45) is 0 Å². The number of aromatic amines is 1. The van der Waals surface area contributed by atoms with E-state index in [-0.39, 0.29) is 11.6 Å². The van der Waals surface area contributed by atoms with Gasteiger partial charge in [-0.2, -0.15) is 0 Å². The Kier molecular flexibility index (Phi) is 7.37. The first kappa shape index (κ1) is 25.1. The van der Waals surface area contributed by atoms with E-state index in [1.807, 2.05) is 22.9 Å². The van der Waals surface area contributed by atoms with Gasteiger partial charge in [-0.3, -0.25) is 9.69 Å². The Balaban J connectivity index is 1.54. The first-order valence-electron chi connectivity index (χ1n) is 13.2. The highest BCUT2D eigenvalue weighted by Crippen LogP contribution is 2.33. The van der Waals surface area contributed by atoms with Crippen molar-refractivity contribution in [1.82, 2.24) is 30.1 Å². The number of fused-ring (bicyclic) bond motifs is 1. The van der Waals surface area contributed by atoms with E-state index in [2.05, 4.69) is 70.4 Å². The Morgan fingerprint density at radius 1 is 1.11 bits per heavy atom. The molecule has 1 aliphatic rings. The number of rotatable bonds is 9. The topological polar surface area (TPSA) is 88.9 Å². The first-order chi connectivity index (χ1) is 18.0. The van der Waals surface area contributed by atoms with Crippen molar-refractivity contribution >= 4 is 10.9 Å². The maximum Gasteiger partial charge on any atom is 0.252 e. The summed E-state index contributed by atoms with van der Waals surface area (Å²) in [5, 5.41) is 14.1. The number of pyridine rings is 1. The predicted molar refractivity (Wildman–Crippen MR) is 145 cm³/mol. The molecule has 1 fully saturated rings. The zero-order valence-electron chi connectivity index (χ0n) is 22.2. The summed E-state index contributed by atoms with van der Waals surface area (Å²) in [4.78, 5) is 18.7. The van der Waals surface area contributed by atoms with Crippen LogP contribution in [0.5, 0.6) is 5.75 Å². The van der Waals surface area contributed by atoms with Crippen LogP contribution in [0.25, 0.3) is 10.9 Å². The average molecular weight is 501 g/mol. The average Bonchev–Trinajstić information content (AvgIpc) is 3.58. The highest BCUT2D eigenvalue weighted by atomic mass is 16.5. The molecule has 1 atom stereocenters. The SMILES string of the molecule is CC[C@@H](c1nnnn1C1CCCC1)N(Cc1ccc(OC)cc1)Cc1cc2c(C)cc(C)cc2[nH]c1=O. The van der Waals surface area contributed by atoms with Gasteiger partial charge in [-0.15, -0.1) is 5.10 Å². The molecule has 1 aliphatic carbocycles. The van der Waals surface area contributed by atoms with Crippen molar-refractivity contribution in [2.45, 2.75) is 78.0 Å². The van der Waals surface area contributed by atoms with Gasteiger partial charge in [0.05, 0.1) is 19.2 Å². The van der Waals surface area contributed by atoms with Gasteiger partial charge in [0.2, 0.25) is 0 Å². The van der Waals surface area contributed by atoms with Crippen molar-refractivity contribution in [3.05, 3.63) is 80.9 Å². The van der Waals surface area contributed by atoms with Gasteiger partial charge in [-0.1, -0.05) is 38.0 Å². The highest BCUT2D eigenvalue weighted by Gasteiger charge is 2.29. The molecule has 8 nitrogen and oxygen atoms in total. The summed E-state index contributed by atoms with van der Waals surface area (Å²) in [5.41, 5.74) is 5.01. The van der Waals surface area contributed by atoms with Gasteiger partial charge in [0.15, 0.2) is 5.82 Å². The predicted octanol–water partition coefficient (Wildman–Crippen LogP) is 5.41. The van der Waals surface area contributed by atoms with Crippen LogP contribution in [0, 0.1) is 13.8 Å². The standard InChI is InChI=1S/C29H36N6O2/c1-5-27(28-31-32-33-35(28)23-8-6-7-9-23)34(17-21-10-12-24(37-4)13-11-21)18-22-16-25-20(3)14-19(2)15-26(25)30-29(22)36/h10-16,23,27H,5-9,17-18H2,1-4H3,(H,30,36)/t27-/m0/s1. The van der Waals surface area contributed by atoms with Crippen LogP contribution in [0.1, 0.15) is 79.2 Å². The number of H-pyrrole nitrogens is 1. The normalized spacial score (nSPS) is 15.1. The Labute approximate surface area is 217 Å². The van der Waals surface area contributed by atoms with Crippen molar-refractivity contribution in [3.8, 4) is 5.75 Å². The molecule has 0 radical (unpaired) electrons. The van der Waals surface area contributed by atoms with Crippen molar-refractivity contribution in [1.29, 1.82) is 0 Å². The molecule has 5 rings (SSSR count). The molecular formula is C29H36N6O2. The third-order valence-corrected chi connectivity index (χ3v) is 7.62. The molecule has 0 aliphatic heterocycles. The summed E-state index contributed by atoms with van der Waals surface area (Å²) >= 11 is 0. The smallest absolute Gasteiger partial charge is 0.252 e. The summed E-state index contributed by atoms with van der Waals surface area (Å²) in [5.74, 6) is 1.70. The lowest BCUT2D eigenvalue weighted by molar-refractivity contribution is 0.158. The molecule has 1 saturated carbocycles. The number of nitrogens with one attached hydrogen (secondary N) is 1. The van der Waals surface area contributed by atoms with E-state index in [0.717, 1.165) is 64.0 Å². The summed E-state index contributed by atoms with van der Waals surface area (Å²) < 4.78 is 7.40. The van der Waals surface area contributed by atoms with Crippen LogP contribution in [-0.2, 0) is 13.1 Å². The largest absolute Gasteiger partial charge is 0.497 e. The molecule has 1 N–H and O–H groups in total. The van der Waals surface area contributed by atoms with E-state index < -0.39 is 0 Å². The maximum absolute atomic E-state index is 13.3. The number of aryl methyl sites for hydroxylation is 2. The molecule has 8 heteroatoms. The summed E-state index contributed by atoms with van der Waals surface area (Å²) in [6.45, 7) is 7.45. The lowest BCUT2D eigenvalue weighted by Gasteiger charge is -2.31. The number of tetrazole rings is 1. The van der Waals surface area contributed by atoms with Crippen LogP contribution < -0.4 is 10.3 Å². The van der Waals surface area contributed by atoms with Crippen LogP contribution in [0.15, 0.2) is 47.3 Å². The Hall–Kier alpha value is -3.52. The molecule has 37 heavy (non-hydrogen) atoms. The Bertz CT molecular complexity index is 1420. The van der Waals surface area contributed by atoms with Crippen LogP contribution >= 0.6 is 0 Å².